The molecule has 0 saturated heterocycles. The van der Waals surface area contributed by atoms with E-state index in [4.69, 9.17) is 9.47 Å². The van der Waals surface area contributed by atoms with Gasteiger partial charge in [-0.3, -0.25) is 0 Å². The van der Waals surface area contributed by atoms with Crippen molar-refractivity contribution in [1.82, 2.24) is 10.6 Å². The molecule has 0 aromatic carbocycles. The molecule has 0 saturated carbocycles. The van der Waals surface area contributed by atoms with Crippen molar-refractivity contribution in [3.8, 4) is 0 Å². The van der Waals surface area contributed by atoms with Crippen molar-refractivity contribution in [2.45, 2.75) is 65.3 Å². The van der Waals surface area contributed by atoms with Gasteiger partial charge in [0.1, 0.15) is 18.3 Å². The van der Waals surface area contributed by atoms with Crippen molar-refractivity contribution >= 4 is 12.6 Å². The van der Waals surface area contributed by atoms with Crippen LogP contribution in [-0.2, 0) is 19.1 Å². The minimum Gasteiger partial charge on any atom is -0.498 e. The van der Waals surface area contributed by atoms with Gasteiger partial charge in [-0.1, -0.05) is 32.4 Å². The molecule has 1 atom stereocenters. The fourth-order valence-electron chi connectivity index (χ4n) is 2.04. The van der Waals surface area contributed by atoms with Crippen molar-refractivity contribution in [2.75, 3.05) is 34.9 Å². The third-order valence-electron chi connectivity index (χ3n) is 3.78. The molecule has 0 aromatic heterocycles. The molecule has 1 unspecified atom stereocenters. The van der Waals surface area contributed by atoms with Crippen LogP contribution in [0.4, 0.5) is 0 Å². The number of carbonyl (C=O) groups excluding carboxylic acids is 2. The fraction of sp³-hybridized carbons (Fsp3) is 0.652. The van der Waals surface area contributed by atoms with Crippen LogP contribution in [0.3, 0.4) is 0 Å². The first kappa shape index (κ1) is 31.8. The summed E-state index contributed by atoms with van der Waals surface area (Å²) >= 11 is 0. The molecule has 170 valence electrons. The number of hydrogen-bond donors (Lipinski definition) is 2. The van der Waals surface area contributed by atoms with E-state index in [-0.39, 0.29) is 6.04 Å². The molecule has 0 radical (unpaired) electrons. The Morgan fingerprint density at radius 3 is 2.10 bits per heavy atom. The van der Waals surface area contributed by atoms with Crippen molar-refractivity contribution in [3.63, 3.8) is 0 Å². The van der Waals surface area contributed by atoms with Gasteiger partial charge in [-0.25, -0.2) is 0 Å². The SMILES string of the molecule is C=C/C(C)=C\C(OC)=C(/C)OC.CCCCCNC(CC=O)CCC=O.CNC. The minimum atomic E-state index is 0.189. The van der Waals surface area contributed by atoms with Crippen molar-refractivity contribution in [3.05, 3.63) is 35.8 Å². The van der Waals surface area contributed by atoms with Crippen molar-refractivity contribution in [1.29, 1.82) is 0 Å². The molecule has 0 fully saturated rings. The van der Waals surface area contributed by atoms with Crippen molar-refractivity contribution in [2.24, 2.45) is 0 Å². The van der Waals surface area contributed by atoms with E-state index in [9.17, 15) is 9.59 Å². The predicted molar refractivity (Wildman–Crippen MR) is 123 cm³/mol. The lowest BCUT2D eigenvalue weighted by atomic mass is 10.1. The van der Waals surface area contributed by atoms with E-state index in [1.165, 1.54) is 12.8 Å². The van der Waals surface area contributed by atoms with Gasteiger partial charge in [0, 0.05) is 18.9 Å². The zero-order valence-electron chi connectivity index (χ0n) is 19.7. The maximum atomic E-state index is 10.3. The molecule has 6 heteroatoms. The third-order valence-corrected chi connectivity index (χ3v) is 3.78. The van der Waals surface area contributed by atoms with Crippen LogP contribution in [0.25, 0.3) is 0 Å². The number of allylic oxidation sites excluding steroid dienone is 4. The second-order valence-corrected chi connectivity index (χ2v) is 6.43. The van der Waals surface area contributed by atoms with E-state index in [1.807, 2.05) is 34.0 Å². The van der Waals surface area contributed by atoms with Gasteiger partial charge >= 0.3 is 0 Å². The van der Waals surface area contributed by atoms with Gasteiger partial charge < -0.3 is 29.7 Å². The number of aldehydes is 2. The number of unbranched alkanes of at least 4 members (excludes halogenated alkanes) is 2. The Morgan fingerprint density at radius 1 is 1.07 bits per heavy atom. The molecule has 0 aromatic rings. The zero-order chi connectivity index (χ0) is 22.9. The molecular weight excluding hydrogens is 368 g/mol. The quantitative estimate of drug-likeness (QED) is 0.193. The topological polar surface area (TPSA) is 76.7 Å². The average molecular weight is 413 g/mol. The van der Waals surface area contributed by atoms with Crippen LogP contribution in [0.2, 0.25) is 0 Å². The number of rotatable bonds is 14. The average Bonchev–Trinajstić information content (AvgIpc) is 2.73. The maximum Gasteiger partial charge on any atom is 0.156 e. The number of carbonyl (C=O) groups is 2. The number of ether oxygens (including phenoxy) is 2. The molecule has 29 heavy (non-hydrogen) atoms. The van der Waals surface area contributed by atoms with Crippen LogP contribution < -0.4 is 10.6 Å². The smallest absolute Gasteiger partial charge is 0.156 e. The van der Waals surface area contributed by atoms with E-state index in [0.29, 0.717) is 12.8 Å². The normalized spacial score (nSPS) is 12.2. The third kappa shape index (κ3) is 24.0. The van der Waals surface area contributed by atoms with Gasteiger partial charge in [0.15, 0.2) is 5.76 Å². The maximum absolute atomic E-state index is 10.3. The summed E-state index contributed by atoms with van der Waals surface area (Å²) in [7, 11) is 6.98. The predicted octanol–water partition coefficient (Wildman–Crippen LogP) is 4.18. The first-order valence-electron chi connectivity index (χ1n) is 10.2. The molecule has 2 N–H and O–H groups in total. The Morgan fingerprint density at radius 2 is 1.69 bits per heavy atom. The van der Waals surface area contributed by atoms with Crippen LogP contribution in [0.1, 0.15) is 59.3 Å². The molecule has 0 aliphatic rings. The Balaban J connectivity index is -0.000000414. The van der Waals surface area contributed by atoms with Gasteiger partial charge in [-0.05, 0) is 59.0 Å². The molecule has 0 bridgehead atoms. The second-order valence-electron chi connectivity index (χ2n) is 6.43. The summed E-state index contributed by atoms with van der Waals surface area (Å²) in [6.45, 7) is 10.6. The first-order chi connectivity index (χ1) is 13.9. The standard InChI is InChI=1S/C11H21NO2.C10H16O2.C2H7N/c1-2-3-4-8-12-11(7-10-14)6-5-9-13;1-6-8(2)7-10(12-5)9(3)11-4;1-3-2/h9-12H,2-8H2,1H3;6-7H,1H2,2-5H3;3H,1-2H3/b;8-7-,10-9-;. The van der Waals surface area contributed by atoms with Crippen LogP contribution >= 0.6 is 0 Å². The summed E-state index contributed by atoms with van der Waals surface area (Å²) in [6, 6.07) is 0.189. The van der Waals surface area contributed by atoms with E-state index in [2.05, 4.69) is 24.1 Å². The fourth-order valence-corrected chi connectivity index (χ4v) is 2.04. The van der Waals surface area contributed by atoms with Crippen LogP contribution in [-0.4, -0.2) is 53.5 Å². The van der Waals surface area contributed by atoms with Gasteiger partial charge in [0.05, 0.1) is 14.2 Å². The Hall–Kier alpha value is -1.92. The highest BCUT2D eigenvalue weighted by atomic mass is 16.5. The first-order valence-corrected chi connectivity index (χ1v) is 10.2. The Bertz CT molecular complexity index is 460. The Labute approximate surface area is 178 Å². The van der Waals surface area contributed by atoms with Gasteiger partial charge in [-0.2, -0.15) is 0 Å². The van der Waals surface area contributed by atoms with Crippen LogP contribution in [0, 0.1) is 0 Å². The van der Waals surface area contributed by atoms with Crippen LogP contribution in [0.5, 0.6) is 0 Å². The van der Waals surface area contributed by atoms with Gasteiger partial charge in [0.2, 0.25) is 0 Å². The van der Waals surface area contributed by atoms with Crippen molar-refractivity contribution < 1.29 is 19.1 Å². The molecule has 0 aliphatic carbocycles. The zero-order valence-corrected chi connectivity index (χ0v) is 19.7. The largest absolute Gasteiger partial charge is 0.498 e. The highest BCUT2D eigenvalue weighted by Crippen LogP contribution is 2.10. The highest BCUT2D eigenvalue weighted by Gasteiger charge is 2.05. The highest BCUT2D eigenvalue weighted by molar-refractivity contribution is 5.52. The molecule has 0 spiro atoms. The van der Waals surface area contributed by atoms with E-state index < -0.39 is 0 Å². The summed E-state index contributed by atoms with van der Waals surface area (Å²) < 4.78 is 10.1. The minimum absolute atomic E-state index is 0.189. The molecule has 0 aliphatic heterocycles. The van der Waals surface area contributed by atoms with E-state index >= 15 is 0 Å². The number of methoxy groups -OCH3 is 2. The monoisotopic (exact) mass is 412 g/mol. The van der Waals surface area contributed by atoms with Crippen LogP contribution in [0.15, 0.2) is 35.8 Å². The van der Waals surface area contributed by atoms with Gasteiger partial charge in [0.25, 0.3) is 0 Å². The summed E-state index contributed by atoms with van der Waals surface area (Å²) in [5.74, 6) is 1.49. The summed E-state index contributed by atoms with van der Waals surface area (Å²) in [5, 5.41) is 6.05. The summed E-state index contributed by atoms with van der Waals surface area (Å²) in [6.07, 6.45) is 10.9. The lowest BCUT2D eigenvalue weighted by Gasteiger charge is -2.14. The molecule has 0 rings (SSSR count). The molecule has 6 nitrogen and oxygen atoms in total. The number of hydrogen-bond acceptors (Lipinski definition) is 6. The van der Waals surface area contributed by atoms with E-state index in [1.54, 1.807) is 20.3 Å². The Kier molecular flexibility index (Phi) is 28.6. The summed E-state index contributed by atoms with van der Waals surface area (Å²) in [5.41, 5.74) is 1.04. The molecule has 0 amide bonds. The lowest BCUT2D eigenvalue weighted by Crippen LogP contribution is -2.30. The van der Waals surface area contributed by atoms with E-state index in [0.717, 1.165) is 49.1 Å². The lowest BCUT2D eigenvalue weighted by molar-refractivity contribution is -0.109. The van der Waals surface area contributed by atoms with Gasteiger partial charge in [-0.15, -0.1) is 0 Å². The number of nitrogens with one attached hydrogen (secondary N) is 2. The second kappa shape index (κ2) is 26.1. The molecular formula is C23H44N2O4. The molecule has 0 heterocycles. The summed E-state index contributed by atoms with van der Waals surface area (Å²) in [4.78, 5) is 20.5.